The summed E-state index contributed by atoms with van der Waals surface area (Å²) in [5.74, 6) is 1.50. The third-order valence-corrected chi connectivity index (χ3v) is 6.11. The van der Waals surface area contributed by atoms with E-state index in [2.05, 4.69) is 10.6 Å². The summed E-state index contributed by atoms with van der Waals surface area (Å²) in [5.41, 5.74) is 1.16. The topological polar surface area (TPSA) is 89.1 Å². The molecule has 2 aliphatic rings. The van der Waals surface area contributed by atoms with E-state index in [1.807, 2.05) is 29.2 Å². The predicted molar refractivity (Wildman–Crippen MR) is 126 cm³/mol. The van der Waals surface area contributed by atoms with Gasteiger partial charge in [0.2, 0.25) is 11.8 Å². The summed E-state index contributed by atoms with van der Waals surface area (Å²) in [7, 11) is 1.58. The molecule has 2 heterocycles. The molecular formula is C24H28ClN3O5. The third kappa shape index (κ3) is 5.89. The van der Waals surface area contributed by atoms with E-state index in [1.165, 1.54) is 0 Å². The van der Waals surface area contributed by atoms with Crippen LogP contribution in [0.25, 0.3) is 0 Å². The van der Waals surface area contributed by atoms with Crippen molar-refractivity contribution in [3.8, 4) is 17.2 Å². The minimum Gasteiger partial charge on any atom is -0.495 e. The number of rotatable bonds is 6. The van der Waals surface area contributed by atoms with E-state index in [1.54, 1.807) is 19.2 Å². The van der Waals surface area contributed by atoms with Crippen molar-refractivity contribution >= 4 is 34.8 Å². The molecule has 0 bridgehead atoms. The van der Waals surface area contributed by atoms with Crippen LogP contribution in [0.1, 0.15) is 19.3 Å². The van der Waals surface area contributed by atoms with Gasteiger partial charge >= 0.3 is 0 Å². The second kappa shape index (κ2) is 10.8. The average molecular weight is 474 g/mol. The van der Waals surface area contributed by atoms with Crippen LogP contribution in [-0.4, -0.2) is 56.7 Å². The molecule has 2 amide bonds. The van der Waals surface area contributed by atoms with Crippen LogP contribution in [0, 0.1) is 5.92 Å². The fourth-order valence-corrected chi connectivity index (χ4v) is 4.21. The van der Waals surface area contributed by atoms with Gasteiger partial charge < -0.3 is 24.8 Å². The summed E-state index contributed by atoms with van der Waals surface area (Å²) in [6.45, 7) is 2.67. The lowest BCUT2D eigenvalue weighted by atomic mass is 9.95. The van der Waals surface area contributed by atoms with Gasteiger partial charge in [-0.05, 0) is 38.1 Å². The summed E-state index contributed by atoms with van der Waals surface area (Å²) in [4.78, 5) is 27.3. The molecule has 9 heteroatoms. The van der Waals surface area contributed by atoms with E-state index in [-0.39, 0.29) is 24.3 Å². The first-order valence-electron chi connectivity index (χ1n) is 11.1. The quantitative estimate of drug-likeness (QED) is 0.663. The summed E-state index contributed by atoms with van der Waals surface area (Å²) >= 11 is 6.33. The Morgan fingerprint density at radius 1 is 1.06 bits per heavy atom. The van der Waals surface area contributed by atoms with Crippen molar-refractivity contribution in [3.63, 3.8) is 0 Å². The minimum absolute atomic E-state index is 0.0254. The lowest BCUT2D eigenvalue weighted by Gasteiger charge is -2.30. The van der Waals surface area contributed by atoms with Crippen LogP contribution in [0.15, 0.2) is 36.4 Å². The van der Waals surface area contributed by atoms with Crippen molar-refractivity contribution in [3.05, 3.63) is 41.4 Å². The predicted octanol–water partition coefficient (Wildman–Crippen LogP) is 3.80. The zero-order chi connectivity index (χ0) is 23.2. The van der Waals surface area contributed by atoms with Gasteiger partial charge in [-0.15, -0.1) is 0 Å². The number of amides is 2. The monoisotopic (exact) mass is 473 g/mol. The van der Waals surface area contributed by atoms with E-state index < -0.39 is 0 Å². The fraction of sp³-hybridized carbons (Fsp3) is 0.417. The van der Waals surface area contributed by atoms with E-state index in [9.17, 15) is 9.59 Å². The number of nitrogens with zero attached hydrogens (tertiary/aromatic N) is 1. The molecular weight excluding hydrogens is 446 g/mol. The molecule has 0 aliphatic carbocycles. The second-order valence-electron chi connectivity index (χ2n) is 8.12. The second-order valence-corrected chi connectivity index (χ2v) is 8.52. The number of carbonyl (C=O) groups is 2. The summed E-state index contributed by atoms with van der Waals surface area (Å²) in [6, 6.07) is 10.7. The zero-order valence-corrected chi connectivity index (χ0v) is 19.3. The van der Waals surface area contributed by atoms with Gasteiger partial charge in [-0.3, -0.25) is 14.5 Å². The number of fused-ring (bicyclic) bond motifs is 1. The van der Waals surface area contributed by atoms with Crippen molar-refractivity contribution < 1.29 is 23.8 Å². The Morgan fingerprint density at radius 2 is 1.76 bits per heavy atom. The van der Waals surface area contributed by atoms with Gasteiger partial charge in [-0.1, -0.05) is 23.7 Å². The number of hydrogen-bond donors (Lipinski definition) is 2. The molecule has 1 saturated heterocycles. The van der Waals surface area contributed by atoms with E-state index in [4.69, 9.17) is 25.8 Å². The van der Waals surface area contributed by atoms with Crippen LogP contribution < -0.4 is 24.8 Å². The number of piperidine rings is 1. The van der Waals surface area contributed by atoms with E-state index >= 15 is 0 Å². The summed E-state index contributed by atoms with van der Waals surface area (Å²) in [6.07, 6.45) is 2.15. The third-order valence-electron chi connectivity index (χ3n) is 5.80. The lowest BCUT2D eigenvalue weighted by molar-refractivity contribution is -0.121. The highest BCUT2D eigenvalue weighted by molar-refractivity contribution is 6.34. The van der Waals surface area contributed by atoms with Crippen LogP contribution in [0.4, 0.5) is 11.4 Å². The van der Waals surface area contributed by atoms with Crippen molar-refractivity contribution in [1.82, 2.24) is 4.90 Å². The Kier molecular flexibility index (Phi) is 7.57. The Balaban J connectivity index is 1.27. The van der Waals surface area contributed by atoms with Gasteiger partial charge in [0.15, 0.2) is 11.5 Å². The van der Waals surface area contributed by atoms with Crippen LogP contribution in [0.2, 0.25) is 5.02 Å². The number of likely N-dealkylation sites (tertiary alicyclic amines) is 1. The highest BCUT2D eigenvalue weighted by atomic mass is 35.5. The highest BCUT2D eigenvalue weighted by Gasteiger charge is 2.27. The SMILES string of the molecule is COc1ccccc1NC(=O)C1CCN(CC(=O)Nc2cc3c(cc2Cl)OCCCO3)CC1. The molecule has 2 aliphatic heterocycles. The van der Waals surface area contributed by atoms with Crippen LogP contribution in [0.5, 0.6) is 17.2 Å². The number of nitrogens with one attached hydrogen (secondary N) is 2. The first-order valence-corrected chi connectivity index (χ1v) is 11.5. The summed E-state index contributed by atoms with van der Waals surface area (Å²) in [5, 5.41) is 6.22. The molecule has 0 radical (unpaired) electrons. The number of para-hydroxylation sites is 2. The van der Waals surface area contributed by atoms with Gasteiger partial charge in [0.1, 0.15) is 5.75 Å². The first-order chi connectivity index (χ1) is 16.0. The van der Waals surface area contributed by atoms with Gasteiger partial charge in [0.25, 0.3) is 0 Å². The lowest BCUT2D eigenvalue weighted by Crippen LogP contribution is -2.41. The largest absolute Gasteiger partial charge is 0.495 e. The number of ether oxygens (including phenoxy) is 3. The van der Waals surface area contributed by atoms with Gasteiger partial charge in [-0.25, -0.2) is 0 Å². The normalized spacial score (nSPS) is 16.5. The highest BCUT2D eigenvalue weighted by Crippen LogP contribution is 2.37. The Labute approximate surface area is 198 Å². The molecule has 0 aromatic heterocycles. The molecule has 4 rings (SSSR count). The zero-order valence-electron chi connectivity index (χ0n) is 18.6. The molecule has 1 fully saturated rings. The number of benzene rings is 2. The molecule has 8 nitrogen and oxygen atoms in total. The maximum absolute atomic E-state index is 12.7. The van der Waals surface area contributed by atoms with Gasteiger partial charge in [-0.2, -0.15) is 0 Å². The molecule has 0 atom stereocenters. The molecule has 33 heavy (non-hydrogen) atoms. The number of carbonyl (C=O) groups excluding carboxylic acids is 2. The van der Waals surface area contributed by atoms with Gasteiger partial charge in [0.05, 0.1) is 43.3 Å². The molecule has 176 valence electrons. The first kappa shape index (κ1) is 23.2. The maximum atomic E-state index is 12.7. The van der Waals surface area contributed by atoms with Crippen LogP contribution in [0.3, 0.4) is 0 Å². The van der Waals surface area contributed by atoms with E-state index in [0.29, 0.717) is 72.8 Å². The molecule has 2 aromatic carbocycles. The van der Waals surface area contributed by atoms with E-state index in [0.717, 1.165) is 6.42 Å². The van der Waals surface area contributed by atoms with Crippen molar-refractivity contribution in [2.75, 3.05) is 50.6 Å². The van der Waals surface area contributed by atoms with Crippen LogP contribution in [-0.2, 0) is 9.59 Å². The van der Waals surface area contributed by atoms with Crippen molar-refractivity contribution in [2.45, 2.75) is 19.3 Å². The van der Waals surface area contributed by atoms with Crippen molar-refractivity contribution in [1.29, 1.82) is 0 Å². The molecule has 2 N–H and O–H groups in total. The molecule has 0 unspecified atom stereocenters. The number of halogens is 1. The molecule has 2 aromatic rings. The minimum atomic E-state index is -0.164. The smallest absolute Gasteiger partial charge is 0.238 e. The summed E-state index contributed by atoms with van der Waals surface area (Å²) < 4.78 is 16.6. The molecule has 0 saturated carbocycles. The number of anilines is 2. The van der Waals surface area contributed by atoms with Gasteiger partial charge in [0, 0.05) is 24.5 Å². The standard InChI is InChI=1S/C24H28ClN3O5/c1-31-20-6-3-2-5-18(20)27-24(30)16-7-9-28(10-8-16)15-23(29)26-19-14-22-21(13-17(19)25)32-11-4-12-33-22/h2-3,5-6,13-14,16H,4,7-12,15H2,1H3,(H,26,29)(H,27,30). The maximum Gasteiger partial charge on any atom is 0.238 e. The Bertz CT molecular complexity index is 1010. The average Bonchev–Trinajstić information content (AvgIpc) is 3.05. The Hall–Kier alpha value is -2.97. The van der Waals surface area contributed by atoms with Crippen molar-refractivity contribution in [2.24, 2.45) is 5.92 Å². The van der Waals surface area contributed by atoms with Crippen LogP contribution >= 0.6 is 11.6 Å². The Morgan fingerprint density at radius 3 is 2.48 bits per heavy atom. The fourth-order valence-electron chi connectivity index (χ4n) is 4.01. The number of methoxy groups -OCH3 is 1. The number of hydrogen-bond acceptors (Lipinski definition) is 6. The molecule has 0 spiro atoms.